The van der Waals surface area contributed by atoms with Crippen LogP contribution in [0.15, 0.2) is 15.8 Å². The molecule has 1 aromatic rings. The summed E-state index contributed by atoms with van der Waals surface area (Å²) in [6.07, 6.45) is 0.127. The van der Waals surface area contributed by atoms with Crippen molar-refractivity contribution in [3.05, 3.63) is 32.6 Å². The predicted octanol–water partition coefficient (Wildman–Crippen LogP) is -0.483. The Hall–Kier alpha value is -1.22. The van der Waals surface area contributed by atoms with E-state index >= 15 is 0 Å². The number of hydrogen-bond donors (Lipinski definition) is 3. The number of ether oxygens (including phenoxy) is 1. The third kappa shape index (κ3) is 2.52. The van der Waals surface area contributed by atoms with E-state index in [1.165, 1.54) is 10.8 Å². The van der Waals surface area contributed by atoms with Crippen LogP contribution in [0, 0.1) is 6.92 Å². The Labute approximate surface area is 123 Å². The van der Waals surface area contributed by atoms with E-state index in [1.54, 1.807) is 6.92 Å². The van der Waals surface area contributed by atoms with Gasteiger partial charge in [-0.2, -0.15) is 0 Å². The Morgan fingerprint density at radius 2 is 2.10 bits per heavy atom. The molecular weight excluding hydrogens is 292 g/mol. The molecule has 2 rings (SSSR count). The van der Waals surface area contributed by atoms with Gasteiger partial charge in [-0.05, 0) is 6.92 Å². The second-order valence-corrected chi connectivity index (χ2v) is 11.9. The monoisotopic (exact) mass is 314 g/mol. The van der Waals surface area contributed by atoms with Crippen LogP contribution in [0.4, 0.5) is 0 Å². The van der Waals surface area contributed by atoms with Crippen LogP contribution in [0.25, 0.3) is 0 Å². The third-order valence-electron chi connectivity index (χ3n) is 4.12. The van der Waals surface area contributed by atoms with Crippen LogP contribution in [0.1, 0.15) is 12.0 Å². The number of aryl methyl sites for hydroxylation is 1. The second kappa shape index (κ2) is 5.20. The molecule has 0 bridgehead atoms. The van der Waals surface area contributed by atoms with Crippen molar-refractivity contribution in [3.63, 3.8) is 0 Å². The summed E-state index contributed by atoms with van der Waals surface area (Å²) in [5, 5.41) is 18.5. The lowest BCUT2D eigenvalue weighted by molar-refractivity contribution is -0.0758. The molecule has 8 heteroatoms. The molecule has 1 aliphatic rings. The van der Waals surface area contributed by atoms with Crippen molar-refractivity contribution in [3.8, 4) is 0 Å². The first-order valence-electron chi connectivity index (χ1n) is 6.92. The van der Waals surface area contributed by atoms with Crippen molar-refractivity contribution in [2.24, 2.45) is 0 Å². The average molecular weight is 314 g/mol. The minimum absolute atomic E-state index is 0.222. The summed E-state index contributed by atoms with van der Waals surface area (Å²) < 4.78 is 7.32. The van der Waals surface area contributed by atoms with Crippen molar-refractivity contribution >= 4 is 8.07 Å². The molecule has 2 heterocycles. The van der Waals surface area contributed by atoms with Gasteiger partial charge in [0.25, 0.3) is 5.56 Å². The fourth-order valence-corrected chi connectivity index (χ4v) is 5.00. The molecule has 0 radical (unpaired) electrons. The third-order valence-corrected chi connectivity index (χ3v) is 7.03. The molecule has 1 aliphatic heterocycles. The first-order chi connectivity index (χ1) is 9.62. The summed E-state index contributed by atoms with van der Waals surface area (Å²) in [6, 6.07) is 0. The van der Waals surface area contributed by atoms with Gasteiger partial charge < -0.3 is 14.9 Å². The molecule has 3 N–H and O–H groups in total. The average Bonchev–Trinajstić information content (AvgIpc) is 2.71. The normalized spacial score (nSPS) is 29.8. The van der Waals surface area contributed by atoms with Crippen LogP contribution in [0.2, 0.25) is 19.6 Å². The smallest absolute Gasteiger partial charge is 0.330 e. The zero-order valence-electron chi connectivity index (χ0n) is 12.7. The topological polar surface area (TPSA) is 105 Å². The van der Waals surface area contributed by atoms with Crippen molar-refractivity contribution in [2.45, 2.75) is 50.5 Å². The van der Waals surface area contributed by atoms with Crippen LogP contribution in [-0.4, -0.2) is 46.7 Å². The van der Waals surface area contributed by atoms with Crippen molar-refractivity contribution in [1.82, 2.24) is 9.55 Å². The van der Waals surface area contributed by atoms with Crippen molar-refractivity contribution in [1.29, 1.82) is 0 Å². The number of rotatable bonds is 3. The lowest BCUT2D eigenvalue weighted by atomic mass is 10.2. The van der Waals surface area contributed by atoms with Crippen LogP contribution in [-0.2, 0) is 10.1 Å². The maximum Gasteiger partial charge on any atom is 0.330 e. The first-order valence-corrected chi connectivity index (χ1v) is 10.4. The minimum Gasteiger partial charge on any atom is -0.394 e. The summed E-state index contributed by atoms with van der Waals surface area (Å²) in [6.45, 7) is 7.36. The summed E-state index contributed by atoms with van der Waals surface area (Å²) in [5.41, 5.74) is -0.587. The molecule has 0 aliphatic carbocycles. The SMILES string of the molecule is Cc1cn([C@@]2([Si](C)(C)C)C[C@H](O)[C@@H](CO)O2)c(=O)[nH]c1=O. The van der Waals surface area contributed by atoms with Crippen molar-refractivity contribution < 1.29 is 14.9 Å². The van der Waals surface area contributed by atoms with E-state index in [-0.39, 0.29) is 13.0 Å². The van der Waals surface area contributed by atoms with Gasteiger partial charge in [-0.15, -0.1) is 0 Å². The molecule has 1 saturated heterocycles. The number of aliphatic hydroxyl groups excluding tert-OH is 2. The Kier molecular flexibility index (Phi) is 4.00. The Morgan fingerprint density at radius 3 is 2.57 bits per heavy atom. The van der Waals surface area contributed by atoms with Gasteiger partial charge in [0, 0.05) is 18.2 Å². The highest BCUT2D eigenvalue weighted by atomic mass is 28.3. The number of nitrogens with zero attached hydrogens (tertiary/aromatic N) is 1. The zero-order chi connectivity index (χ0) is 16.0. The van der Waals surface area contributed by atoms with Crippen molar-refractivity contribution in [2.75, 3.05) is 6.61 Å². The van der Waals surface area contributed by atoms with Gasteiger partial charge in [-0.3, -0.25) is 14.3 Å². The molecule has 0 saturated carbocycles. The minimum atomic E-state index is -2.14. The molecular formula is C13H22N2O5Si. The van der Waals surface area contributed by atoms with E-state index in [2.05, 4.69) is 4.98 Å². The van der Waals surface area contributed by atoms with E-state index in [0.717, 1.165) is 0 Å². The lowest BCUT2D eigenvalue weighted by Crippen LogP contribution is -2.58. The van der Waals surface area contributed by atoms with E-state index in [4.69, 9.17) is 4.74 Å². The fourth-order valence-electron chi connectivity index (χ4n) is 2.79. The number of aromatic nitrogens is 2. The van der Waals surface area contributed by atoms with Gasteiger partial charge in [0.2, 0.25) is 0 Å². The highest BCUT2D eigenvalue weighted by molar-refractivity contribution is 6.78. The molecule has 1 fully saturated rings. The molecule has 0 aromatic carbocycles. The first kappa shape index (κ1) is 16.2. The maximum atomic E-state index is 12.2. The van der Waals surface area contributed by atoms with Gasteiger partial charge in [0.05, 0.1) is 12.7 Å². The van der Waals surface area contributed by atoms with E-state index in [1.807, 2.05) is 19.6 Å². The highest BCUT2D eigenvalue weighted by Gasteiger charge is 2.55. The molecule has 0 spiro atoms. The molecule has 7 nitrogen and oxygen atoms in total. The number of aromatic amines is 1. The van der Waals surface area contributed by atoms with Crippen LogP contribution >= 0.6 is 0 Å². The summed E-state index contributed by atoms with van der Waals surface area (Å²) in [4.78, 5) is 26.1. The van der Waals surface area contributed by atoms with Gasteiger partial charge in [-0.1, -0.05) is 19.6 Å². The Bertz CT molecular complexity index is 647. The van der Waals surface area contributed by atoms with E-state index in [9.17, 15) is 19.8 Å². The maximum absolute atomic E-state index is 12.2. The lowest BCUT2D eigenvalue weighted by Gasteiger charge is -2.41. The molecule has 0 unspecified atom stereocenters. The van der Waals surface area contributed by atoms with Crippen LogP contribution in [0.5, 0.6) is 0 Å². The zero-order valence-corrected chi connectivity index (χ0v) is 13.7. The molecule has 1 aromatic heterocycles. The Morgan fingerprint density at radius 1 is 1.48 bits per heavy atom. The number of aliphatic hydroxyl groups is 2. The standard InChI is InChI=1S/C13H22N2O5Si/c1-8-6-15(12(19)14-11(8)18)13(21(2,3)4)5-9(17)10(7-16)20-13/h6,9-10,16-17H,5,7H2,1-4H3,(H,14,18,19)/t9-,10+,13-/m0/s1. The highest BCUT2D eigenvalue weighted by Crippen LogP contribution is 2.41. The second-order valence-electron chi connectivity index (χ2n) is 6.59. The number of H-pyrrole nitrogens is 1. The molecule has 3 atom stereocenters. The van der Waals surface area contributed by atoms with E-state index < -0.39 is 36.9 Å². The largest absolute Gasteiger partial charge is 0.394 e. The van der Waals surface area contributed by atoms with Gasteiger partial charge in [0.15, 0.2) is 0 Å². The van der Waals surface area contributed by atoms with Crippen LogP contribution < -0.4 is 11.2 Å². The molecule has 0 amide bonds. The van der Waals surface area contributed by atoms with Gasteiger partial charge in [0.1, 0.15) is 19.5 Å². The summed E-state index contributed by atoms with van der Waals surface area (Å²) in [5.74, 6) is 0. The fraction of sp³-hybridized carbons (Fsp3) is 0.692. The van der Waals surface area contributed by atoms with E-state index in [0.29, 0.717) is 5.56 Å². The Balaban J connectivity index is 2.67. The quantitative estimate of drug-likeness (QED) is 0.654. The number of hydrogen-bond acceptors (Lipinski definition) is 5. The number of nitrogens with one attached hydrogen (secondary N) is 1. The predicted molar refractivity (Wildman–Crippen MR) is 80.0 cm³/mol. The molecule has 21 heavy (non-hydrogen) atoms. The van der Waals surface area contributed by atoms with Crippen LogP contribution in [0.3, 0.4) is 0 Å². The summed E-state index contributed by atoms with van der Waals surface area (Å²) in [7, 11) is -2.14. The van der Waals surface area contributed by atoms with Gasteiger partial charge in [-0.25, -0.2) is 4.79 Å². The van der Waals surface area contributed by atoms with Gasteiger partial charge >= 0.3 is 5.69 Å². The summed E-state index contributed by atoms with van der Waals surface area (Å²) >= 11 is 0. The molecule has 118 valence electrons.